The maximum atomic E-state index is 13.1. The molecule has 5 aromatic rings. The Morgan fingerprint density at radius 1 is 0.976 bits per heavy atom. The number of aromatic nitrogens is 2. The molecule has 0 bridgehead atoms. The number of nitriles is 1. The molecule has 0 saturated heterocycles. The Kier molecular flexibility index (Phi) is 8.09. The standard InChI is InChI=1S/C33H31N5O3S/c1-4-32-36-29-20-26(21-34)23(3)19-30(29)38(32)27-15-11-24(12-16-27)17-18-35-33(39)37-42(40,41)31-8-6-5-7-28(31)25-13-9-22(2)10-14-25/h5-16,19-20H,4,17-18H2,1-3H3,(H2,35,37,39). The van der Waals surface area contributed by atoms with E-state index in [1.54, 1.807) is 18.2 Å². The van der Waals surface area contributed by atoms with Crippen molar-refractivity contribution in [3.05, 3.63) is 113 Å². The summed E-state index contributed by atoms with van der Waals surface area (Å²) in [5.41, 5.74) is 7.52. The van der Waals surface area contributed by atoms with Crippen LogP contribution in [0, 0.1) is 25.2 Å². The fourth-order valence-electron chi connectivity index (χ4n) is 4.94. The molecule has 212 valence electrons. The van der Waals surface area contributed by atoms with Crippen LogP contribution in [0.1, 0.15) is 35.0 Å². The molecular formula is C33H31N5O3S. The average molecular weight is 578 g/mol. The number of amides is 2. The summed E-state index contributed by atoms with van der Waals surface area (Å²) in [6.07, 6.45) is 1.25. The first-order valence-corrected chi connectivity index (χ1v) is 15.2. The SMILES string of the molecule is CCc1nc2cc(C#N)c(C)cc2n1-c1ccc(CCNC(=O)NS(=O)(=O)c2ccccc2-c2ccc(C)cc2)cc1. The number of carbonyl (C=O) groups excluding carboxylic acids is 1. The van der Waals surface area contributed by atoms with E-state index in [-0.39, 0.29) is 11.4 Å². The Morgan fingerprint density at radius 3 is 2.38 bits per heavy atom. The van der Waals surface area contributed by atoms with Crippen molar-refractivity contribution >= 4 is 27.1 Å². The highest BCUT2D eigenvalue weighted by Crippen LogP contribution is 2.28. The molecule has 2 amide bonds. The molecule has 0 aliphatic rings. The van der Waals surface area contributed by atoms with Crippen LogP contribution in [0.25, 0.3) is 27.8 Å². The fourth-order valence-corrected chi connectivity index (χ4v) is 6.10. The predicted molar refractivity (Wildman–Crippen MR) is 164 cm³/mol. The van der Waals surface area contributed by atoms with Crippen LogP contribution >= 0.6 is 0 Å². The molecule has 0 saturated carbocycles. The van der Waals surface area contributed by atoms with Gasteiger partial charge in [0.25, 0.3) is 10.0 Å². The van der Waals surface area contributed by atoms with Crippen LogP contribution in [0.2, 0.25) is 0 Å². The van der Waals surface area contributed by atoms with Crippen LogP contribution in [-0.4, -0.2) is 30.5 Å². The number of aryl methyl sites for hydroxylation is 3. The fraction of sp³-hybridized carbons (Fsp3) is 0.182. The number of fused-ring (bicyclic) bond motifs is 1. The minimum Gasteiger partial charge on any atom is -0.337 e. The summed E-state index contributed by atoms with van der Waals surface area (Å²) in [4.78, 5) is 17.3. The molecule has 42 heavy (non-hydrogen) atoms. The van der Waals surface area contributed by atoms with Gasteiger partial charge in [-0.05, 0) is 67.3 Å². The molecular weight excluding hydrogens is 546 g/mol. The van der Waals surface area contributed by atoms with E-state index in [4.69, 9.17) is 4.98 Å². The summed E-state index contributed by atoms with van der Waals surface area (Å²) in [6.45, 7) is 6.18. The zero-order chi connectivity index (χ0) is 29.9. The number of nitrogens with zero attached hydrogens (tertiary/aromatic N) is 3. The number of urea groups is 1. The highest BCUT2D eigenvalue weighted by Gasteiger charge is 2.21. The second kappa shape index (κ2) is 11.9. The molecule has 5 rings (SSSR count). The number of sulfonamides is 1. The van der Waals surface area contributed by atoms with E-state index >= 15 is 0 Å². The maximum Gasteiger partial charge on any atom is 0.328 e. The second-order valence-corrected chi connectivity index (χ2v) is 11.8. The average Bonchev–Trinajstić information content (AvgIpc) is 3.34. The van der Waals surface area contributed by atoms with Gasteiger partial charge in [-0.1, -0.05) is 67.1 Å². The molecule has 2 N–H and O–H groups in total. The van der Waals surface area contributed by atoms with Crippen molar-refractivity contribution < 1.29 is 13.2 Å². The number of imidazole rings is 1. The van der Waals surface area contributed by atoms with E-state index in [9.17, 15) is 18.5 Å². The number of nitrogens with one attached hydrogen (secondary N) is 2. The molecule has 0 atom stereocenters. The Labute approximate surface area is 245 Å². The quantitative estimate of drug-likeness (QED) is 0.236. The number of benzene rings is 4. The molecule has 0 radical (unpaired) electrons. The summed E-state index contributed by atoms with van der Waals surface area (Å²) in [7, 11) is -4.09. The van der Waals surface area contributed by atoms with Crippen molar-refractivity contribution in [2.75, 3.05) is 6.54 Å². The van der Waals surface area contributed by atoms with Gasteiger partial charge in [0.05, 0.1) is 27.6 Å². The largest absolute Gasteiger partial charge is 0.337 e. The smallest absolute Gasteiger partial charge is 0.328 e. The van der Waals surface area contributed by atoms with E-state index < -0.39 is 16.1 Å². The van der Waals surface area contributed by atoms with Crippen LogP contribution in [-0.2, 0) is 22.9 Å². The number of hydrogen-bond acceptors (Lipinski definition) is 5. The monoisotopic (exact) mass is 577 g/mol. The molecule has 4 aromatic carbocycles. The van der Waals surface area contributed by atoms with Crippen molar-refractivity contribution in [2.45, 2.75) is 38.5 Å². The molecule has 0 aliphatic carbocycles. The van der Waals surface area contributed by atoms with Gasteiger partial charge >= 0.3 is 6.03 Å². The van der Waals surface area contributed by atoms with Crippen molar-refractivity contribution in [2.24, 2.45) is 0 Å². The molecule has 1 aromatic heterocycles. The second-order valence-electron chi connectivity index (χ2n) is 10.1. The minimum atomic E-state index is -4.09. The Morgan fingerprint density at radius 2 is 1.69 bits per heavy atom. The lowest BCUT2D eigenvalue weighted by Gasteiger charge is -2.13. The van der Waals surface area contributed by atoms with E-state index in [1.807, 2.05) is 81.4 Å². The van der Waals surface area contributed by atoms with Gasteiger partial charge in [0.2, 0.25) is 0 Å². The first-order valence-electron chi connectivity index (χ1n) is 13.7. The normalized spacial score (nSPS) is 11.3. The van der Waals surface area contributed by atoms with Crippen LogP contribution in [0.15, 0.2) is 89.8 Å². The lowest BCUT2D eigenvalue weighted by atomic mass is 10.0. The lowest BCUT2D eigenvalue weighted by molar-refractivity contribution is 0.246. The Balaban J connectivity index is 1.24. The predicted octanol–water partition coefficient (Wildman–Crippen LogP) is 5.97. The molecule has 0 aliphatic heterocycles. The zero-order valence-electron chi connectivity index (χ0n) is 23.7. The topological polar surface area (TPSA) is 117 Å². The maximum absolute atomic E-state index is 13.1. The highest BCUT2D eigenvalue weighted by atomic mass is 32.2. The molecule has 1 heterocycles. The molecule has 0 unspecified atom stereocenters. The summed E-state index contributed by atoms with van der Waals surface area (Å²) in [5, 5.41) is 12.0. The molecule has 0 spiro atoms. The van der Waals surface area contributed by atoms with Gasteiger partial charge in [-0.2, -0.15) is 5.26 Å². The van der Waals surface area contributed by atoms with Crippen molar-refractivity contribution in [1.82, 2.24) is 19.6 Å². The summed E-state index contributed by atoms with van der Waals surface area (Å²) >= 11 is 0. The van der Waals surface area contributed by atoms with Crippen molar-refractivity contribution in [3.63, 3.8) is 0 Å². The van der Waals surface area contributed by atoms with Gasteiger partial charge in [-0.3, -0.25) is 4.57 Å². The van der Waals surface area contributed by atoms with Crippen LogP contribution in [0.4, 0.5) is 4.79 Å². The number of rotatable bonds is 8. The van der Waals surface area contributed by atoms with E-state index in [1.165, 1.54) is 6.07 Å². The lowest BCUT2D eigenvalue weighted by Crippen LogP contribution is -2.40. The first kappa shape index (κ1) is 28.6. The summed E-state index contributed by atoms with van der Waals surface area (Å²) in [5.74, 6) is 0.899. The van der Waals surface area contributed by atoms with Crippen molar-refractivity contribution in [3.8, 4) is 22.9 Å². The first-order chi connectivity index (χ1) is 20.2. The summed E-state index contributed by atoms with van der Waals surface area (Å²) < 4.78 is 30.4. The third-order valence-corrected chi connectivity index (χ3v) is 8.56. The van der Waals surface area contributed by atoms with Crippen LogP contribution < -0.4 is 10.0 Å². The van der Waals surface area contributed by atoms with Gasteiger partial charge in [0, 0.05) is 24.2 Å². The summed E-state index contributed by atoms with van der Waals surface area (Å²) in [6, 6.07) is 27.4. The minimum absolute atomic E-state index is 0.0390. The Bertz CT molecular complexity index is 1920. The van der Waals surface area contributed by atoms with E-state index in [2.05, 4.69) is 20.7 Å². The number of hydrogen-bond donors (Lipinski definition) is 2. The number of carbonyl (C=O) groups is 1. The zero-order valence-corrected chi connectivity index (χ0v) is 24.5. The highest BCUT2D eigenvalue weighted by molar-refractivity contribution is 7.90. The third kappa shape index (κ3) is 5.90. The molecule has 8 nitrogen and oxygen atoms in total. The van der Waals surface area contributed by atoms with Gasteiger partial charge in [-0.15, -0.1) is 0 Å². The van der Waals surface area contributed by atoms with Gasteiger partial charge in [0.15, 0.2) is 0 Å². The Hall–Kier alpha value is -4.94. The van der Waals surface area contributed by atoms with E-state index in [0.717, 1.165) is 51.2 Å². The molecule has 0 fully saturated rings. The molecule has 9 heteroatoms. The van der Waals surface area contributed by atoms with Gasteiger partial charge in [-0.25, -0.2) is 22.9 Å². The van der Waals surface area contributed by atoms with Crippen LogP contribution in [0.5, 0.6) is 0 Å². The third-order valence-electron chi connectivity index (χ3n) is 7.17. The van der Waals surface area contributed by atoms with E-state index in [0.29, 0.717) is 17.5 Å². The van der Waals surface area contributed by atoms with Crippen LogP contribution in [0.3, 0.4) is 0 Å². The van der Waals surface area contributed by atoms with Crippen molar-refractivity contribution in [1.29, 1.82) is 5.26 Å². The van der Waals surface area contributed by atoms with Gasteiger partial charge < -0.3 is 5.32 Å². The van der Waals surface area contributed by atoms with Gasteiger partial charge in [0.1, 0.15) is 5.82 Å².